The summed E-state index contributed by atoms with van der Waals surface area (Å²) in [5, 5.41) is 11.3. The lowest BCUT2D eigenvalue weighted by molar-refractivity contribution is 0.0935. The predicted octanol–water partition coefficient (Wildman–Crippen LogP) is 4.17. The first kappa shape index (κ1) is 18.7. The van der Waals surface area contributed by atoms with Gasteiger partial charge in [-0.2, -0.15) is 0 Å². The zero-order chi connectivity index (χ0) is 18.8. The van der Waals surface area contributed by atoms with E-state index in [0.29, 0.717) is 23.6 Å². The molecule has 6 heteroatoms. The van der Waals surface area contributed by atoms with Crippen LogP contribution in [0.5, 0.6) is 0 Å². The van der Waals surface area contributed by atoms with Crippen molar-refractivity contribution in [2.45, 2.75) is 18.4 Å². The van der Waals surface area contributed by atoms with E-state index in [4.69, 9.17) is 11.6 Å². The summed E-state index contributed by atoms with van der Waals surface area (Å²) < 4.78 is 26.2. The molecule has 0 aromatic heterocycles. The second-order valence-electron chi connectivity index (χ2n) is 6.53. The molecule has 26 heavy (non-hydrogen) atoms. The number of nitrogens with one attached hydrogen (secondary N) is 1. The van der Waals surface area contributed by atoms with E-state index in [1.54, 1.807) is 24.3 Å². The van der Waals surface area contributed by atoms with Crippen molar-refractivity contribution in [3.63, 3.8) is 0 Å². The highest BCUT2D eigenvalue weighted by molar-refractivity contribution is 7.92. The Morgan fingerprint density at radius 1 is 1.15 bits per heavy atom. The molecule has 3 rings (SSSR count). The second-order valence-corrected chi connectivity index (χ2v) is 8.72. The van der Waals surface area contributed by atoms with Gasteiger partial charge in [0.1, 0.15) is 0 Å². The molecule has 0 radical (unpaired) electrons. The van der Waals surface area contributed by atoms with Gasteiger partial charge in [-0.25, -0.2) is 8.42 Å². The first-order valence-corrected chi connectivity index (χ1v) is 10.4. The number of hydrogen-bond donors (Lipinski definition) is 2. The van der Waals surface area contributed by atoms with Gasteiger partial charge < -0.3 is 5.11 Å². The molecular weight excluding hydrogens is 370 g/mol. The Kier molecular flexibility index (Phi) is 5.23. The molecule has 1 unspecified atom stereocenters. The van der Waals surface area contributed by atoms with Gasteiger partial charge in [0.15, 0.2) is 0 Å². The molecule has 0 saturated heterocycles. The minimum Gasteiger partial charge on any atom is -0.385 e. The van der Waals surface area contributed by atoms with Gasteiger partial charge in [0.05, 0.1) is 17.5 Å². The monoisotopic (exact) mass is 389 g/mol. The standard InChI is InChI=1S/C20H20ClNO3S/c1-26(24,25)22-19-13-15(14-20(23)11-3-2-4-12-20)5-10-18(19)16-6-8-17(21)9-7-16/h2-11,13,22-23H,12,14H2,1H3. The lowest BCUT2D eigenvalue weighted by Gasteiger charge is -2.25. The predicted molar refractivity (Wildman–Crippen MR) is 107 cm³/mol. The summed E-state index contributed by atoms with van der Waals surface area (Å²) in [5.41, 5.74) is 1.97. The molecule has 0 amide bonds. The highest BCUT2D eigenvalue weighted by atomic mass is 35.5. The van der Waals surface area contributed by atoms with Crippen LogP contribution in [-0.2, 0) is 16.4 Å². The van der Waals surface area contributed by atoms with E-state index in [1.807, 2.05) is 42.5 Å². The summed E-state index contributed by atoms with van der Waals surface area (Å²) in [6, 6.07) is 12.7. The Labute approximate surface area is 158 Å². The number of benzene rings is 2. The maximum absolute atomic E-state index is 11.8. The molecule has 2 aromatic carbocycles. The topological polar surface area (TPSA) is 66.4 Å². The van der Waals surface area contributed by atoms with E-state index in [9.17, 15) is 13.5 Å². The Hall–Kier alpha value is -2.08. The van der Waals surface area contributed by atoms with Crippen LogP contribution >= 0.6 is 11.6 Å². The number of halogens is 1. The molecule has 4 nitrogen and oxygen atoms in total. The third-order valence-corrected chi connectivity index (χ3v) is 5.01. The lowest BCUT2D eigenvalue weighted by atomic mass is 9.87. The molecule has 0 fully saturated rings. The van der Waals surface area contributed by atoms with E-state index in [1.165, 1.54) is 0 Å². The number of allylic oxidation sites excluding steroid dienone is 2. The van der Waals surface area contributed by atoms with Crippen molar-refractivity contribution in [1.29, 1.82) is 0 Å². The minimum absolute atomic E-state index is 0.396. The second kappa shape index (κ2) is 7.27. The molecule has 136 valence electrons. The van der Waals surface area contributed by atoms with E-state index in [-0.39, 0.29) is 0 Å². The molecule has 2 N–H and O–H groups in total. The van der Waals surface area contributed by atoms with Crippen LogP contribution in [0.15, 0.2) is 66.8 Å². The van der Waals surface area contributed by atoms with Crippen molar-refractivity contribution < 1.29 is 13.5 Å². The minimum atomic E-state index is -3.44. The van der Waals surface area contributed by atoms with Crippen molar-refractivity contribution in [3.8, 4) is 11.1 Å². The fourth-order valence-corrected chi connectivity index (χ4v) is 3.70. The van der Waals surface area contributed by atoms with Crippen LogP contribution < -0.4 is 4.72 Å². The van der Waals surface area contributed by atoms with Gasteiger partial charge in [-0.15, -0.1) is 0 Å². The van der Waals surface area contributed by atoms with Crippen molar-refractivity contribution in [1.82, 2.24) is 0 Å². The summed E-state index contributed by atoms with van der Waals surface area (Å²) in [7, 11) is -3.44. The van der Waals surface area contributed by atoms with Gasteiger partial charge >= 0.3 is 0 Å². The normalized spacial score (nSPS) is 19.5. The summed E-state index contributed by atoms with van der Waals surface area (Å²) in [6.07, 6.45) is 9.44. The average molecular weight is 390 g/mol. The maximum atomic E-state index is 11.8. The third kappa shape index (κ3) is 4.75. The van der Waals surface area contributed by atoms with Gasteiger partial charge in [-0.05, 0) is 35.7 Å². The number of sulfonamides is 1. The van der Waals surface area contributed by atoms with E-state index < -0.39 is 15.6 Å². The summed E-state index contributed by atoms with van der Waals surface area (Å²) in [4.78, 5) is 0. The Bertz CT molecular complexity index is 965. The average Bonchev–Trinajstić information content (AvgIpc) is 2.55. The molecule has 0 spiro atoms. The highest BCUT2D eigenvalue weighted by Gasteiger charge is 2.24. The van der Waals surface area contributed by atoms with Crippen molar-refractivity contribution in [2.75, 3.05) is 11.0 Å². The Morgan fingerprint density at radius 3 is 2.50 bits per heavy atom. The van der Waals surface area contributed by atoms with Crippen molar-refractivity contribution >= 4 is 27.3 Å². The summed E-state index contributed by atoms with van der Waals surface area (Å²) >= 11 is 5.94. The van der Waals surface area contributed by atoms with Crippen molar-refractivity contribution in [3.05, 3.63) is 77.4 Å². The van der Waals surface area contributed by atoms with Crippen LogP contribution in [0.2, 0.25) is 5.02 Å². The fourth-order valence-electron chi connectivity index (χ4n) is 3.00. The molecule has 0 aliphatic heterocycles. The Morgan fingerprint density at radius 2 is 1.88 bits per heavy atom. The van der Waals surface area contributed by atoms with Crippen LogP contribution in [0.25, 0.3) is 11.1 Å². The smallest absolute Gasteiger partial charge is 0.229 e. The quantitative estimate of drug-likeness (QED) is 0.806. The zero-order valence-corrected chi connectivity index (χ0v) is 15.9. The fraction of sp³-hybridized carbons (Fsp3) is 0.200. The van der Waals surface area contributed by atoms with Crippen LogP contribution in [0, 0.1) is 0 Å². The summed E-state index contributed by atoms with van der Waals surface area (Å²) in [5.74, 6) is 0. The number of aliphatic hydroxyl groups is 1. The van der Waals surface area contributed by atoms with Gasteiger partial charge in [0, 0.05) is 17.0 Å². The van der Waals surface area contributed by atoms with Gasteiger partial charge in [-0.1, -0.05) is 60.2 Å². The molecular formula is C20H20ClNO3S. The number of rotatable bonds is 5. The van der Waals surface area contributed by atoms with Crippen molar-refractivity contribution in [2.24, 2.45) is 0 Å². The van der Waals surface area contributed by atoms with Gasteiger partial charge in [0.2, 0.25) is 10.0 Å². The zero-order valence-electron chi connectivity index (χ0n) is 14.3. The highest BCUT2D eigenvalue weighted by Crippen LogP contribution is 2.32. The molecule has 0 bridgehead atoms. The number of anilines is 1. The molecule has 0 heterocycles. The molecule has 2 aromatic rings. The van der Waals surface area contributed by atoms with Crippen LogP contribution in [0.3, 0.4) is 0 Å². The first-order valence-electron chi connectivity index (χ1n) is 8.18. The first-order chi connectivity index (χ1) is 12.2. The van der Waals surface area contributed by atoms with Crippen LogP contribution in [0.1, 0.15) is 12.0 Å². The molecule has 1 aliphatic rings. The van der Waals surface area contributed by atoms with E-state index in [2.05, 4.69) is 4.72 Å². The van der Waals surface area contributed by atoms with Gasteiger partial charge in [-0.3, -0.25) is 4.72 Å². The maximum Gasteiger partial charge on any atom is 0.229 e. The van der Waals surface area contributed by atoms with E-state index >= 15 is 0 Å². The van der Waals surface area contributed by atoms with E-state index in [0.717, 1.165) is 22.9 Å². The van der Waals surface area contributed by atoms with Crippen LogP contribution in [0.4, 0.5) is 5.69 Å². The Balaban J connectivity index is 1.99. The largest absolute Gasteiger partial charge is 0.385 e. The lowest BCUT2D eigenvalue weighted by Crippen LogP contribution is -2.29. The molecule has 0 saturated carbocycles. The molecule has 1 aliphatic carbocycles. The van der Waals surface area contributed by atoms with Crippen LogP contribution in [-0.4, -0.2) is 25.4 Å². The molecule has 1 atom stereocenters. The number of hydrogen-bond acceptors (Lipinski definition) is 3. The van der Waals surface area contributed by atoms with Gasteiger partial charge in [0.25, 0.3) is 0 Å². The third-order valence-electron chi connectivity index (χ3n) is 4.17. The summed E-state index contributed by atoms with van der Waals surface area (Å²) in [6.45, 7) is 0. The SMILES string of the molecule is CS(=O)(=O)Nc1cc(CC2(O)C=CC=CC2)ccc1-c1ccc(Cl)cc1.